The largest absolute Gasteiger partial charge is 0.327 e. The first-order valence-corrected chi connectivity index (χ1v) is 6.60. The van der Waals surface area contributed by atoms with Crippen LogP contribution in [0.5, 0.6) is 0 Å². The van der Waals surface area contributed by atoms with Gasteiger partial charge in [-0.15, -0.1) is 0 Å². The molecule has 1 aromatic carbocycles. The molecule has 0 aliphatic heterocycles. The van der Waals surface area contributed by atoms with Crippen LogP contribution >= 0.6 is 0 Å². The Morgan fingerprint density at radius 3 is 2.89 bits per heavy atom. The fraction of sp³-hybridized carbons (Fsp3) is 0.400. The third kappa shape index (κ3) is 3.64. The predicted molar refractivity (Wildman–Crippen MR) is 74.4 cm³/mol. The van der Waals surface area contributed by atoms with Gasteiger partial charge in [0.25, 0.3) is 0 Å². The molecular formula is C15H20FN3. The SMILES string of the molecule is CCC(N)Cc1cnn(Cc2ccc(F)cc2C)c1. The monoisotopic (exact) mass is 261 g/mol. The molecule has 0 radical (unpaired) electrons. The van der Waals surface area contributed by atoms with Gasteiger partial charge in [-0.25, -0.2) is 4.39 Å². The molecule has 0 saturated heterocycles. The zero-order valence-electron chi connectivity index (χ0n) is 11.4. The third-order valence-electron chi connectivity index (χ3n) is 3.35. The molecule has 1 heterocycles. The van der Waals surface area contributed by atoms with Gasteiger partial charge in [-0.1, -0.05) is 13.0 Å². The standard InChI is InChI=1S/C15H20FN3/c1-3-15(17)7-12-8-18-19(9-12)10-13-4-5-14(16)6-11(13)2/h4-6,8-9,15H,3,7,10,17H2,1-2H3. The van der Waals surface area contributed by atoms with E-state index in [1.807, 2.05) is 30.1 Å². The lowest BCUT2D eigenvalue weighted by atomic mass is 10.1. The second kappa shape index (κ2) is 5.97. The molecule has 1 atom stereocenters. The molecule has 2 rings (SSSR count). The maximum Gasteiger partial charge on any atom is 0.123 e. The smallest absolute Gasteiger partial charge is 0.123 e. The van der Waals surface area contributed by atoms with Gasteiger partial charge in [0.15, 0.2) is 0 Å². The number of aromatic nitrogens is 2. The van der Waals surface area contributed by atoms with Crippen molar-refractivity contribution < 1.29 is 4.39 Å². The minimum Gasteiger partial charge on any atom is -0.327 e. The van der Waals surface area contributed by atoms with Gasteiger partial charge in [0, 0.05) is 12.2 Å². The van der Waals surface area contributed by atoms with Crippen LogP contribution in [0, 0.1) is 12.7 Å². The minimum absolute atomic E-state index is 0.185. The van der Waals surface area contributed by atoms with Crippen LogP contribution < -0.4 is 5.73 Å². The van der Waals surface area contributed by atoms with E-state index in [0.717, 1.165) is 29.5 Å². The van der Waals surface area contributed by atoms with Crippen LogP contribution in [0.1, 0.15) is 30.0 Å². The van der Waals surface area contributed by atoms with Crippen molar-refractivity contribution in [1.82, 2.24) is 9.78 Å². The maximum absolute atomic E-state index is 13.0. The Morgan fingerprint density at radius 1 is 1.42 bits per heavy atom. The average molecular weight is 261 g/mol. The van der Waals surface area contributed by atoms with E-state index in [1.165, 1.54) is 6.07 Å². The molecule has 19 heavy (non-hydrogen) atoms. The van der Waals surface area contributed by atoms with Crippen LogP contribution in [0.3, 0.4) is 0 Å². The highest BCUT2D eigenvalue weighted by Gasteiger charge is 2.06. The molecule has 1 aromatic heterocycles. The van der Waals surface area contributed by atoms with Crippen molar-refractivity contribution >= 4 is 0 Å². The lowest BCUT2D eigenvalue weighted by Gasteiger charge is -2.07. The molecule has 1 unspecified atom stereocenters. The first-order chi connectivity index (χ1) is 9.08. The topological polar surface area (TPSA) is 43.8 Å². The van der Waals surface area contributed by atoms with E-state index in [-0.39, 0.29) is 11.9 Å². The van der Waals surface area contributed by atoms with Gasteiger partial charge >= 0.3 is 0 Å². The third-order valence-corrected chi connectivity index (χ3v) is 3.35. The Labute approximate surface area is 113 Å². The van der Waals surface area contributed by atoms with Gasteiger partial charge in [-0.3, -0.25) is 4.68 Å². The number of halogens is 1. The molecule has 2 N–H and O–H groups in total. The Morgan fingerprint density at radius 2 is 2.21 bits per heavy atom. The number of hydrogen-bond donors (Lipinski definition) is 1. The molecule has 0 spiro atoms. The first kappa shape index (κ1) is 13.7. The number of nitrogens with zero attached hydrogens (tertiary/aromatic N) is 2. The first-order valence-electron chi connectivity index (χ1n) is 6.60. The van der Waals surface area contributed by atoms with Gasteiger partial charge in [-0.2, -0.15) is 5.10 Å². The zero-order valence-corrected chi connectivity index (χ0v) is 11.4. The van der Waals surface area contributed by atoms with Crippen molar-refractivity contribution in [3.8, 4) is 0 Å². The molecule has 3 nitrogen and oxygen atoms in total. The summed E-state index contributed by atoms with van der Waals surface area (Å²) in [7, 11) is 0. The van der Waals surface area contributed by atoms with Crippen molar-refractivity contribution in [3.63, 3.8) is 0 Å². The van der Waals surface area contributed by atoms with E-state index in [4.69, 9.17) is 5.73 Å². The van der Waals surface area contributed by atoms with E-state index in [1.54, 1.807) is 6.07 Å². The Balaban J connectivity index is 2.07. The average Bonchev–Trinajstić information content (AvgIpc) is 2.80. The van der Waals surface area contributed by atoms with Crippen LogP contribution in [-0.4, -0.2) is 15.8 Å². The minimum atomic E-state index is -0.198. The van der Waals surface area contributed by atoms with Crippen LogP contribution in [0.15, 0.2) is 30.6 Å². The number of rotatable bonds is 5. The van der Waals surface area contributed by atoms with Gasteiger partial charge in [-0.05, 0) is 48.6 Å². The number of benzene rings is 1. The van der Waals surface area contributed by atoms with Crippen LogP contribution in [0.2, 0.25) is 0 Å². The molecule has 0 saturated carbocycles. The predicted octanol–water partition coefficient (Wildman–Crippen LogP) is 2.66. The van der Waals surface area contributed by atoms with Gasteiger partial charge < -0.3 is 5.73 Å². The number of hydrogen-bond acceptors (Lipinski definition) is 2. The molecule has 0 aliphatic rings. The highest BCUT2D eigenvalue weighted by atomic mass is 19.1. The number of nitrogens with two attached hydrogens (primary N) is 1. The van der Waals surface area contributed by atoms with Crippen LogP contribution in [0.25, 0.3) is 0 Å². The Bertz CT molecular complexity index is 548. The lowest BCUT2D eigenvalue weighted by Crippen LogP contribution is -2.21. The lowest BCUT2D eigenvalue weighted by molar-refractivity contribution is 0.622. The maximum atomic E-state index is 13.0. The summed E-state index contributed by atoms with van der Waals surface area (Å²) in [5.41, 5.74) is 9.10. The highest BCUT2D eigenvalue weighted by Crippen LogP contribution is 2.12. The molecule has 0 amide bonds. The van der Waals surface area contributed by atoms with Crippen molar-refractivity contribution in [2.24, 2.45) is 5.73 Å². The van der Waals surface area contributed by atoms with Crippen molar-refractivity contribution in [2.45, 2.75) is 39.3 Å². The van der Waals surface area contributed by atoms with Crippen molar-refractivity contribution in [2.75, 3.05) is 0 Å². The highest BCUT2D eigenvalue weighted by molar-refractivity contribution is 5.26. The fourth-order valence-corrected chi connectivity index (χ4v) is 2.06. The fourth-order valence-electron chi connectivity index (χ4n) is 2.06. The molecule has 0 fully saturated rings. The van der Waals surface area contributed by atoms with E-state index in [9.17, 15) is 4.39 Å². The summed E-state index contributed by atoms with van der Waals surface area (Å²) >= 11 is 0. The summed E-state index contributed by atoms with van der Waals surface area (Å²) in [5, 5.41) is 4.33. The quantitative estimate of drug-likeness (QED) is 0.899. The van der Waals surface area contributed by atoms with Crippen molar-refractivity contribution in [3.05, 3.63) is 53.1 Å². The van der Waals surface area contributed by atoms with Gasteiger partial charge in [0.1, 0.15) is 5.82 Å². The van der Waals surface area contributed by atoms with Crippen molar-refractivity contribution in [1.29, 1.82) is 0 Å². The second-order valence-corrected chi connectivity index (χ2v) is 4.99. The second-order valence-electron chi connectivity index (χ2n) is 4.99. The number of aryl methyl sites for hydroxylation is 1. The summed E-state index contributed by atoms with van der Waals surface area (Å²) in [4.78, 5) is 0. The molecular weight excluding hydrogens is 241 g/mol. The summed E-state index contributed by atoms with van der Waals surface area (Å²) < 4.78 is 14.9. The van der Waals surface area contributed by atoms with Crippen LogP contribution in [0.4, 0.5) is 4.39 Å². The van der Waals surface area contributed by atoms with Crippen LogP contribution in [-0.2, 0) is 13.0 Å². The summed E-state index contributed by atoms with van der Waals surface area (Å²) in [5.74, 6) is -0.198. The summed E-state index contributed by atoms with van der Waals surface area (Å²) in [6.45, 7) is 4.65. The molecule has 102 valence electrons. The molecule has 2 aromatic rings. The Kier molecular flexibility index (Phi) is 4.32. The molecule has 4 heteroatoms. The summed E-state index contributed by atoms with van der Waals surface area (Å²) in [6, 6.07) is 5.03. The Hall–Kier alpha value is -1.68. The van der Waals surface area contributed by atoms with Gasteiger partial charge in [0.2, 0.25) is 0 Å². The normalized spacial score (nSPS) is 12.6. The van der Waals surface area contributed by atoms with E-state index < -0.39 is 0 Å². The zero-order chi connectivity index (χ0) is 13.8. The van der Waals surface area contributed by atoms with E-state index in [2.05, 4.69) is 12.0 Å². The van der Waals surface area contributed by atoms with Gasteiger partial charge in [0.05, 0.1) is 12.7 Å². The summed E-state index contributed by atoms with van der Waals surface area (Å²) in [6.07, 6.45) is 5.67. The van der Waals surface area contributed by atoms with E-state index >= 15 is 0 Å². The molecule has 0 bridgehead atoms. The van der Waals surface area contributed by atoms with E-state index in [0.29, 0.717) is 6.54 Å². The molecule has 0 aliphatic carbocycles.